The summed E-state index contributed by atoms with van der Waals surface area (Å²) in [6.45, 7) is 2.93. The van der Waals surface area contributed by atoms with Gasteiger partial charge in [-0.25, -0.2) is 4.39 Å². The number of rotatable bonds is 5. The Balaban J connectivity index is 2.64. The zero-order chi connectivity index (χ0) is 12.0. The first-order valence-electron chi connectivity index (χ1n) is 5.09. The zero-order valence-electron chi connectivity index (χ0n) is 9.46. The molecule has 1 unspecified atom stereocenters. The van der Waals surface area contributed by atoms with Gasteiger partial charge in [0.1, 0.15) is 11.9 Å². The van der Waals surface area contributed by atoms with E-state index in [0.717, 1.165) is 12.3 Å². The molecule has 1 aromatic carbocycles. The van der Waals surface area contributed by atoms with Gasteiger partial charge in [0.2, 0.25) is 0 Å². The van der Waals surface area contributed by atoms with Crippen molar-refractivity contribution < 1.29 is 4.39 Å². The van der Waals surface area contributed by atoms with Crippen molar-refractivity contribution in [2.45, 2.75) is 6.92 Å². The van der Waals surface area contributed by atoms with Crippen molar-refractivity contribution in [1.82, 2.24) is 0 Å². The Kier molecular flexibility index (Phi) is 5.13. The predicted octanol–water partition coefficient (Wildman–Crippen LogP) is 3.11. The lowest BCUT2D eigenvalue weighted by Crippen LogP contribution is -2.14. The number of anilines is 1. The van der Waals surface area contributed by atoms with Gasteiger partial charge in [0.05, 0.1) is 11.3 Å². The highest BCUT2D eigenvalue weighted by Gasteiger charge is 2.05. The average molecular weight is 238 g/mol. The van der Waals surface area contributed by atoms with E-state index in [-0.39, 0.29) is 5.82 Å². The number of nitriles is 1. The molecule has 86 valence electrons. The van der Waals surface area contributed by atoms with Gasteiger partial charge in [0.25, 0.3) is 0 Å². The Hall–Kier alpha value is -1.21. The molecule has 0 aromatic heterocycles. The number of thioether (sulfide) groups is 1. The summed E-state index contributed by atoms with van der Waals surface area (Å²) in [7, 11) is 0. The molecule has 0 saturated carbocycles. The van der Waals surface area contributed by atoms with E-state index >= 15 is 0 Å². The predicted molar refractivity (Wildman–Crippen MR) is 67.2 cm³/mol. The smallest absolute Gasteiger partial charge is 0.124 e. The van der Waals surface area contributed by atoms with Crippen LogP contribution in [0.1, 0.15) is 12.5 Å². The van der Waals surface area contributed by atoms with E-state index in [2.05, 4.69) is 18.5 Å². The fraction of sp³-hybridized carbons (Fsp3) is 0.417. The summed E-state index contributed by atoms with van der Waals surface area (Å²) < 4.78 is 12.9. The summed E-state index contributed by atoms with van der Waals surface area (Å²) in [6, 6.07) is 6.21. The van der Waals surface area contributed by atoms with Gasteiger partial charge in [-0.05, 0) is 36.1 Å². The highest BCUT2D eigenvalue weighted by atomic mass is 32.2. The van der Waals surface area contributed by atoms with Crippen LogP contribution in [-0.2, 0) is 0 Å². The second-order valence-corrected chi connectivity index (χ2v) is 4.65. The first kappa shape index (κ1) is 12.9. The van der Waals surface area contributed by atoms with Gasteiger partial charge in [-0.2, -0.15) is 17.0 Å². The molecule has 0 fully saturated rings. The normalized spacial score (nSPS) is 11.9. The molecule has 0 aliphatic rings. The molecule has 4 heteroatoms. The Bertz CT molecular complexity index is 387. The summed E-state index contributed by atoms with van der Waals surface area (Å²) in [5.41, 5.74) is 1.06. The van der Waals surface area contributed by atoms with Gasteiger partial charge < -0.3 is 5.32 Å². The number of benzene rings is 1. The average Bonchev–Trinajstić information content (AvgIpc) is 2.27. The molecule has 0 spiro atoms. The molecule has 0 bridgehead atoms. The molecule has 0 aliphatic carbocycles. The molecular weight excluding hydrogens is 223 g/mol. The molecule has 0 saturated heterocycles. The highest BCUT2D eigenvalue weighted by molar-refractivity contribution is 7.98. The largest absolute Gasteiger partial charge is 0.384 e. The Morgan fingerprint density at radius 3 is 2.94 bits per heavy atom. The highest BCUT2D eigenvalue weighted by Crippen LogP contribution is 2.16. The van der Waals surface area contributed by atoms with Crippen LogP contribution < -0.4 is 5.32 Å². The quantitative estimate of drug-likeness (QED) is 0.856. The number of hydrogen-bond donors (Lipinski definition) is 1. The van der Waals surface area contributed by atoms with Gasteiger partial charge in [0.15, 0.2) is 0 Å². The molecular formula is C12H15FN2S. The van der Waals surface area contributed by atoms with Crippen LogP contribution in [0.4, 0.5) is 10.1 Å². The van der Waals surface area contributed by atoms with Crippen LogP contribution in [-0.4, -0.2) is 18.6 Å². The Morgan fingerprint density at radius 1 is 1.56 bits per heavy atom. The lowest BCUT2D eigenvalue weighted by atomic mass is 10.1. The molecule has 1 rings (SSSR count). The van der Waals surface area contributed by atoms with Crippen LogP contribution in [0.3, 0.4) is 0 Å². The molecule has 16 heavy (non-hydrogen) atoms. The first-order chi connectivity index (χ1) is 7.67. The van der Waals surface area contributed by atoms with E-state index in [0.29, 0.717) is 17.2 Å². The second kappa shape index (κ2) is 6.39. The van der Waals surface area contributed by atoms with Crippen molar-refractivity contribution >= 4 is 17.4 Å². The molecule has 1 aromatic rings. The van der Waals surface area contributed by atoms with Crippen LogP contribution in [0, 0.1) is 23.1 Å². The van der Waals surface area contributed by atoms with Crippen molar-refractivity contribution in [3.05, 3.63) is 29.6 Å². The molecule has 1 N–H and O–H groups in total. The third-order valence-corrected chi connectivity index (χ3v) is 3.10. The van der Waals surface area contributed by atoms with E-state index < -0.39 is 0 Å². The molecule has 0 amide bonds. The Labute approximate surface area is 99.9 Å². The van der Waals surface area contributed by atoms with Crippen LogP contribution >= 0.6 is 11.8 Å². The van der Waals surface area contributed by atoms with Crippen molar-refractivity contribution in [1.29, 1.82) is 5.26 Å². The van der Waals surface area contributed by atoms with Crippen molar-refractivity contribution in [3.8, 4) is 6.07 Å². The lowest BCUT2D eigenvalue weighted by Gasteiger charge is -2.13. The number of halogens is 1. The van der Waals surface area contributed by atoms with Gasteiger partial charge in [0, 0.05) is 6.54 Å². The minimum Gasteiger partial charge on any atom is -0.384 e. The molecule has 0 radical (unpaired) electrons. The summed E-state index contributed by atoms with van der Waals surface area (Å²) in [5.74, 6) is 1.21. The van der Waals surface area contributed by atoms with Gasteiger partial charge in [-0.15, -0.1) is 0 Å². The molecule has 0 aliphatic heterocycles. The monoisotopic (exact) mass is 238 g/mol. The fourth-order valence-electron chi connectivity index (χ4n) is 1.39. The summed E-state index contributed by atoms with van der Waals surface area (Å²) in [6.07, 6.45) is 2.06. The maximum atomic E-state index is 12.9. The second-order valence-electron chi connectivity index (χ2n) is 3.74. The van der Waals surface area contributed by atoms with Gasteiger partial charge in [-0.1, -0.05) is 6.92 Å². The minimum absolute atomic E-state index is 0.358. The maximum absolute atomic E-state index is 12.9. The summed E-state index contributed by atoms with van der Waals surface area (Å²) in [4.78, 5) is 0. The number of nitrogens with one attached hydrogen (secondary N) is 1. The first-order valence-corrected chi connectivity index (χ1v) is 6.49. The van der Waals surface area contributed by atoms with E-state index in [4.69, 9.17) is 5.26 Å². The number of nitrogens with zero attached hydrogens (tertiary/aromatic N) is 1. The van der Waals surface area contributed by atoms with Crippen LogP contribution in [0.15, 0.2) is 18.2 Å². The molecule has 1 atom stereocenters. The number of hydrogen-bond acceptors (Lipinski definition) is 3. The van der Waals surface area contributed by atoms with Crippen LogP contribution in [0.2, 0.25) is 0 Å². The van der Waals surface area contributed by atoms with Gasteiger partial charge in [-0.3, -0.25) is 0 Å². The van der Waals surface area contributed by atoms with Crippen LogP contribution in [0.5, 0.6) is 0 Å². The van der Waals surface area contributed by atoms with Crippen molar-refractivity contribution in [3.63, 3.8) is 0 Å². The minimum atomic E-state index is -0.376. The topological polar surface area (TPSA) is 35.8 Å². The van der Waals surface area contributed by atoms with Gasteiger partial charge >= 0.3 is 0 Å². The SMILES string of the molecule is CSCC(C)CNc1ccc(F)cc1C#N. The van der Waals surface area contributed by atoms with E-state index in [1.54, 1.807) is 17.8 Å². The van der Waals surface area contributed by atoms with Crippen molar-refractivity contribution in [2.75, 3.05) is 23.9 Å². The third-order valence-electron chi connectivity index (χ3n) is 2.19. The fourth-order valence-corrected chi connectivity index (χ4v) is 2.08. The lowest BCUT2D eigenvalue weighted by molar-refractivity contribution is 0.627. The van der Waals surface area contributed by atoms with E-state index in [1.165, 1.54) is 12.1 Å². The van der Waals surface area contributed by atoms with Crippen LogP contribution in [0.25, 0.3) is 0 Å². The van der Waals surface area contributed by atoms with Crippen molar-refractivity contribution in [2.24, 2.45) is 5.92 Å². The zero-order valence-corrected chi connectivity index (χ0v) is 10.3. The maximum Gasteiger partial charge on any atom is 0.124 e. The molecule has 2 nitrogen and oxygen atoms in total. The third kappa shape index (κ3) is 3.74. The standard InChI is InChI=1S/C12H15FN2S/c1-9(8-16-2)7-15-12-4-3-11(13)5-10(12)6-14/h3-5,9,15H,7-8H2,1-2H3. The Morgan fingerprint density at radius 2 is 2.31 bits per heavy atom. The summed E-state index contributed by atoms with van der Waals surface area (Å²) in [5, 5.41) is 12.0. The summed E-state index contributed by atoms with van der Waals surface area (Å²) >= 11 is 1.79. The van der Waals surface area contributed by atoms with E-state index in [9.17, 15) is 4.39 Å². The molecule has 0 heterocycles. The van der Waals surface area contributed by atoms with E-state index in [1.807, 2.05) is 6.07 Å².